The van der Waals surface area contributed by atoms with E-state index in [4.69, 9.17) is 9.97 Å². The molecule has 0 saturated heterocycles. The third kappa shape index (κ3) is 2.87. The van der Waals surface area contributed by atoms with Crippen molar-refractivity contribution in [2.75, 3.05) is 0 Å². The molecule has 1 heterocycles. The molecule has 0 aliphatic heterocycles. The van der Waals surface area contributed by atoms with E-state index >= 15 is 0 Å². The summed E-state index contributed by atoms with van der Waals surface area (Å²) < 4.78 is 26.6. The van der Waals surface area contributed by atoms with Gasteiger partial charge in [0, 0.05) is 11.1 Å². The molecule has 122 valence electrons. The summed E-state index contributed by atoms with van der Waals surface area (Å²) in [4.78, 5) is 9.55. The summed E-state index contributed by atoms with van der Waals surface area (Å²) in [7, 11) is 0. The van der Waals surface area contributed by atoms with Gasteiger partial charge in [0.05, 0.1) is 22.4 Å². The highest BCUT2D eigenvalue weighted by molar-refractivity contribution is 5.87. The second-order valence-electron chi connectivity index (χ2n) is 5.88. The zero-order valence-corrected chi connectivity index (χ0v) is 13.5. The maximum absolute atomic E-state index is 13.3. The third-order valence-electron chi connectivity index (χ3n) is 4.13. The van der Waals surface area contributed by atoms with Crippen molar-refractivity contribution in [3.8, 4) is 22.5 Å². The number of hydrogen-bond donors (Lipinski definition) is 0. The standard InChI is InChI=1S/C21H14F2N2/c1-13-3-2-4-18-19(13)25-21(15-7-11-17(23)12-8-15)20(24-18)14-5-9-16(22)10-6-14/h2-12H,1H3. The summed E-state index contributed by atoms with van der Waals surface area (Å²) in [6.07, 6.45) is 0. The van der Waals surface area contributed by atoms with Gasteiger partial charge < -0.3 is 0 Å². The van der Waals surface area contributed by atoms with E-state index in [2.05, 4.69) is 0 Å². The smallest absolute Gasteiger partial charge is 0.123 e. The van der Waals surface area contributed by atoms with E-state index in [0.29, 0.717) is 11.4 Å². The van der Waals surface area contributed by atoms with Gasteiger partial charge in [-0.25, -0.2) is 18.7 Å². The first-order valence-corrected chi connectivity index (χ1v) is 7.91. The highest BCUT2D eigenvalue weighted by atomic mass is 19.1. The Morgan fingerprint density at radius 3 is 1.72 bits per heavy atom. The quantitative estimate of drug-likeness (QED) is 0.481. The van der Waals surface area contributed by atoms with E-state index < -0.39 is 0 Å². The van der Waals surface area contributed by atoms with Gasteiger partial charge in [-0.15, -0.1) is 0 Å². The lowest BCUT2D eigenvalue weighted by Gasteiger charge is -2.11. The number of hydrogen-bond acceptors (Lipinski definition) is 2. The molecule has 1 aromatic heterocycles. The molecule has 0 unspecified atom stereocenters. The van der Waals surface area contributed by atoms with Crippen molar-refractivity contribution < 1.29 is 8.78 Å². The largest absolute Gasteiger partial charge is 0.244 e. The summed E-state index contributed by atoms with van der Waals surface area (Å²) in [6.45, 7) is 1.98. The summed E-state index contributed by atoms with van der Waals surface area (Å²) in [5, 5.41) is 0. The highest BCUT2D eigenvalue weighted by Gasteiger charge is 2.14. The Labute approximate surface area is 143 Å². The monoisotopic (exact) mass is 332 g/mol. The lowest BCUT2D eigenvalue weighted by Crippen LogP contribution is -1.97. The number of fused-ring (bicyclic) bond motifs is 1. The Hall–Kier alpha value is -3.14. The molecule has 0 fully saturated rings. The first-order valence-electron chi connectivity index (χ1n) is 7.91. The fourth-order valence-corrected chi connectivity index (χ4v) is 2.84. The number of aryl methyl sites for hydroxylation is 1. The zero-order valence-electron chi connectivity index (χ0n) is 13.5. The first kappa shape index (κ1) is 15.4. The Morgan fingerprint density at radius 2 is 1.16 bits per heavy atom. The van der Waals surface area contributed by atoms with Gasteiger partial charge in [0.15, 0.2) is 0 Å². The van der Waals surface area contributed by atoms with Gasteiger partial charge >= 0.3 is 0 Å². The number of aromatic nitrogens is 2. The lowest BCUT2D eigenvalue weighted by molar-refractivity contribution is 0.627. The van der Waals surface area contributed by atoms with Gasteiger partial charge in [0.25, 0.3) is 0 Å². The zero-order chi connectivity index (χ0) is 17.4. The van der Waals surface area contributed by atoms with E-state index in [-0.39, 0.29) is 11.6 Å². The maximum atomic E-state index is 13.3. The molecule has 25 heavy (non-hydrogen) atoms. The maximum Gasteiger partial charge on any atom is 0.123 e. The molecule has 0 bridgehead atoms. The van der Waals surface area contributed by atoms with Crippen LogP contribution in [0.15, 0.2) is 66.7 Å². The average Bonchev–Trinajstić information content (AvgIpc) is 2.63. The topological polar surface area (TPSA) is 25.8 Å². The summed E-state index contributed by atoms with van der Waals surface area (Å²) in [5.41, 5.74) is 5.39. The van der Waals surface area contributed by atoms with Crippen LogP contribution >= 0.6 is 0 Å². The van der Waals surface area contributed by atoms with E-state index in [0.717, 1.165) is 27.7 Å². The molecule has 4 heteroatoms. The molecule has 0 atom stereocenters. The minimum absolute atomic E-state index is 0.308. The molecule has 0 aliphatic rings. The molecule has 0 saturated carbocycles. The Bertz CT molecular complexity index is 1060. The van der Waals surface area contributed by atoms with E-state index in [9.17, 15) is 8.78 Å². The van der Waals surface area contributed by atoms with Crippen LogP contribution in [0.4, 0.5) is 8.78 Å². The summed E-state index contributed by atoms with van der Waals surface area (Å²) >= 11 is 0. The van der Waals surface area contributed by atoms with Gasteiger partial charge in [-0.3, -0.25) is 0 Å². The van der Waals surface area contributed by atoms with Crippen LogP contribution in [0.1, 0.15) is 5.56 Å². The molecule has 0 N–H and O–H groups in total. The predicted molar refractivity (Wildman–Crippen MR) is 95.1 cm³/mol. The van der Waals surface area contributed by atoms with Crippen molar-refractivity contribution in [1.82, 2.24) is 9.97 Å². The second kappa shape index (κ2) is 6.06. The average molecular weight is 332 g/mol. The van der Waals surface area contributed by atoms with Crippen LogP contribution in [-0.4, -0.2) is 9.97 Å². The van der Waals surface area contributed by atoms with Gasteiger partial charge in [0.1, 0.15) is 11.6 Å². The predicted octanol–water partition coefficient (Wildman–Crippen LogP) is 5.55. The van der Waals surface area contributed by atoms with Crippen LogP contribution in [0.25, 0.3) is 33.5 Å². The fourth-order valence-electron chi connectivity index (χ4n) is 2.84. The molecule has 0 amide bonds. The molecule has 0 radical (unpaired) electrons. The second-order valence-corrected chi connectivity index (χ2v) is 5.88. The minimum atomic E-state index is -0.309. The van der Waals surface area contributed by atoms with Crippen LogP contribution in [0.3, 0.4) is 0 Å². The normalized spacial score (nSPS) is 11.0. The van der Waals surface area contributed by atoms with Gasteiger partial charge in [-0.2, -0.15) is 0 Å². The summed E-state index contributed by atoms with van der Waals surface area (Å²) in [5.74, 6) is -0.617. The Balaban J connectivity index is 2.03. The molecule has 2 nitrogen and oxygen atoms in total. The van der Waals surface area contributed by atoms with E-state index in [1.54, 1.807) is 24.3 Å². The van der Waals surface area contributed by atoms with Gasteiger partial charge in [0.2, 0.25) is 0 Å². The van der Waals surface area contributed by atoms with Crippen molar-refractivity contribution >= 4 is 11.0 Å². The first-order chi connectivity index (χ1) is 12.1. The SMILES string of the molecule is Cc1cccc2nc(-c3ccc(F)cc3)c(-c3ccc(F)cc3)nc12. The number of halogens is 2. The van der Waals surface area contributed by atoms with Crippen LogP contribution in [0, 0.1) is 18.6 Å². The van der Waals surface area contributed by atoms with E-state index in [1.165, 1.54) is 24.3 Å². The van der Waals surface area contributed by atoms with Crippen LogP contribution in [-0.2, 0) is 0 Å². The van der Waals surface area contributed by atoms with E-state index in [1.807, 2.05) is 25.1 Å². The Kier molecular flexibility index (Phi) is 3.73. The molecular weight excluding hydrogens is 318 g/mol. The van der Waals surface area contributed by atoms with Crippen molar-refractivity contribution in [3.05, 3.63) is 83.9 Å². The fraction of sp³-hybridized carbons (Fsp3) is 0.0476. The Morgan fingerprint density at radius 1 is 0.640 bits per heavy atom. The molecule has 0 spiro atoms. The summed E-state index contributed by atoms with van der Waals surface area (Å²) in [6, 6.07) is 18.1. The van der Waals surface area contributed by atoms with Crippen molar-refractivity contribution in [2.45, 2.75) is 6.92 Å². The number of rotatable bonds is 2. The van der Waals surface area contributed by atoms with Crippen molar-refractivity contribution in [1.29, 1.82) is 0 Å². The van der Waals surface area contributed by atoms with Crippen LogP contribution < -0.4 is 0 Å². The third-order valence-corrected chi connectivity index (χ3v) is 4.13. The minimum Gasteiger partial charge on any atom is -0.244 e. The number of benzene rings is 3. The molecular formula is C21H14F2N2. The molecule has 4 aromatic rings. The number of para-hydroxylation sites is 1. The lowest BCUT2D eigenvalue weighted by atomic mass is 10.0. The number of nitrogens with zero attached hydrogens (tertiary/aromatic N) is 2. The van der Waals surface area contributed by atoms with Crippen LogP contribution in [0.5, 0.6) is 0 Å². The van der Waals surface area contributed by atoms with Gasteiger partial charge in [-0.05, 0) is 67.1 Å². The molecule has 4 rings (SSSR count). The van der Waals surface area contributed by atoms with Crippen molar-refractivity contribution in [2.24, 2.45) is 0 Å². The van der Waals surface area contributed by atoms with Gasteiger partial charge in [-0.1, -0.05) is 12.1 Å². The molecule has 3 aromatic carbocycles. The highest BCUT2D eigenvalue weighted by Crippen LogP contribution is 2.31. The molecule has 0 aliphatic carbocycles. The van der Waals surface area contributed by atoms with Crippen LogP contribution in [0.2, 0.25) is 0 Å². The van der Waals surface area contributed by atoms with Crippen molar-refractivity contribution in [3.63, 3.8) is 0 Å².